The van der Waals surface area contributed by atoms with E-state index in [9.17, 15) is 9.90 Å². The van der Waals surface area contributed by atoms with Gasteiger partial charge in [-0.2, -0.15) is 0 Å². The Balaban J connectivity index is 1.72. The van der Waals surface area contributed by atoms with Gasteiger partial charge in [0.2, 0.25) is 5.88 Å². The van der Waals surface area contributed by atoms with E-state index in [0.29, 0.717) is 38.4 Å². The molecular weight excluding hydrogens is 350 g/mol. The summed E-state index contributed by atoms with van der Waals surface area (Å²) in [6, 6.07) is -0.103. The summed E-state index contributed by atoms with van der Waals surface area (Å²) in [6.07, 6.45) is 4.72. The lowest BCUT2D eigenvalue weighted by atomic mass is 9.96. The molecule has 8 nitrogen and oxygen atoms in total. The van der Waals surface area contributed by atoms with Crippen molar-refractivity contribution >= 4 is 6.09 Å². The van der Waals surface area contributed by atoms with Crippen LogP contribution in [0.4, 0.5) is 4.79 Å². The Labute approximate surface area is 159 Å². The zero-order valence-corrected chi connectivity index (χ0v) is 16.5. The predicted molar refractivity (Wildman–Crippen MR) is 97.5 cm³/mol. The maximum atomic E-state index is 11.9. The van der Waals surface area contributed by atoms with Crippen LogP contribution in [-0.4, -0.2) is 56.1 Å². The molecule has 8 heteroatoms. The fraction of sp³-hybridized carbons (Fsp3) is 0.737. The molecule has 27 heavy (non-hydrogen) atoms. The van der Waals surface area contributed by atoms with Gasteiger partial charge in [-0.25, -0.2) is 9.78 Å². The summed E-state index contributed by atoms with van der Waals surface area (Å²) < 4.78 is 17.6. The molecule has 2 fully saturated rings. The summed E-state index contributed by atoms with van der Waals surface area (Å²) in [6.45, 7) is 8.81. The van der Waals surface area contributed by atoms with Crippen molar-refractivity contribution in [3.8, 4) is 5.88 Å². The summed E-state index contributed by atoms with van der Waals surface area (Å²) in [5, 5.41) is 9.73. The number of ether oxygens (including phenoxy) is 3. The van der Waals surface area contributed by atoms with Crippen LogP contribution < -0.4 is 4.74 Å². The summed E-state index contributed by atoms with van der Waals surface area (Å²) in [5.41, 5.74) is -0.553. The topological polar surface area (TPSA) is 94.0 Å². The number of hydrogen-bond donors (Lipinski definition) is 1. The molecule has 2 aliphatic rings. The van der Waals surface area contributed by atoms with Crippen molar-refractivity contribution in [3.05, 3.63) is 18.1 Å². The minimum atomic E-state index is -0.930. The summed E-state index contributed by atoms with van der Waals surface area (Å²) >= 11 is 0. The molecule has 0 saturated carbocycles. The summed E-state index contributed by atoms with van der Waals surface area (Å²) in [5.74, 6) is 0.439. The van der Waals surface area contributed by atoms with E-state index in [4.69, 9.17) is 14.2 Å². The first-order valence-electron chi connectivity index (χ1n) is 9.50. The van der Waals surface area contributed by atoms with Gasteiger partial charge in [-0.15, -0.1) is 0 Å². The maximum Gasteiger partial charge on any atom is 0.409 e. The van der Waals surface area contributed by atoms with Gasteiger partial charge in [0, 0.05) is 25.5 Å². The fourth-order valence-corrected chi connectivity index (χ4v) is 4.13. The van der Waals surface area contributed by atoms with Gasteiger partial charge in [0.05, 0.1) is 30.3 Å². The van der Waals surface area contributed by atoms with E-state index in [1.54, 1.807) is 12.4 Å². The monoisotopic (exact) mass is 379 g/mol. The summed E-state index contributed by atoms with van der Waals surface area (Å²) in [4.78, 5) is 22.0. The number of amides is 1. The molecule has 3 rings (SSSR count). The van der Waals surface area contributed by atoms with Crippen molar-refractivity contribution in [3.63, 3.8) is 0 Å². The number of aromatic nitrogens is 2. The Bertz CT molecular complexity index is 660. The molecule has 0 spiro atoms. The summed E-state index contributed by atoms with van der Waals surface area (Å²) in [7, 11) is 0. The Kier molecular flexibility index (Phi) is 5.58. The van der Waals surface area contributed by atoms with Crippen LogP contribution in [0.3, 0.4) is 0 Å². The van der Waals surface area contributed by atoms with Crippen molar-refractivity contribution in [1.29, 1.82) is 0 Å². The highest BCUT2D eigenvalue weighted by Crippen LogP contribution is 2.47. The second-order valence-corrected chi connectivity index (χ2v) is 8.17. The number of hydrogen-bond acceptors (Lipinski definition) is 6. The molecule has 0 unspecified atom stereocenters. The van der Waals surface area contributed by atoms with Crippen molar-refractivity contribution in [2.75, 3.05) is 6.61 Å². The number of carbonyl (C=O) groups is 1. The van der Waals surface area contributed by atoms with Crippen LogP contribution in [0.5, 0.6) is 5.88 Å². The lowest BCUT2D eigenvalue weighted by Crippen LogP contribution is -2.60. The third-order valence-electron chi connectivity index (χ3n) is 4.88. The van der Waals surface area contributed by atoms with Gasteiger partial charge in [-0.3, -0.25) is 9.88 Å². The molecule has 1 aromatic heterocycles. The first-order chi connectivity index (χ1) is 12.7. The van der Waals surface area contributed by atoms with E-state index < -0.39 is 17.4 Å². The van der Waals surface area contributed by atoms with Crippen LogP contribution in [0.2, 0.25) is 0 Å². The van der Waals surface area contributed by atoms with Gasteiger partial charge >= 0.3 is 6.09 Å². The van der Waals surface area contributed by atoms with Gasteiger partial charge < -0.3 is 19.3 Å². The smallest absolute Gasteiger partial charge is 0.409 e. The average molecular weight is 379 g/mol. The molecule has 2 bridgehead atoms. The highest BCUT2D eigenvalue weighted by molar-refractivity contribution is 5.67. The standard InChI is InChI=1S/C19H29N3O5/c1-5-25-12-13-10-21-16(11-20-13)26-15-8-14-6-7-19(9-15,22(14)17(23)24)27-18(2,3)4/h10-11,14-15H,5-9,12H2,1-4H3,(H,23,24)/t14-,15+,19+/m0/s1. The lowest BCUT2D eigenvalue weighted by Gasteiger charge is -2.48. The van der Waals surface area contributed by atoms with E-state index in [2.05, 4.69) is 9.97 Å². The minimum Gasteiger partial charge on any atom is -0.473 e. The number of rotatable bonds is 6. The number of piperidine rings is 1. The molecule has 0 aliphatic carbocycles. The zero-order chi connectivity index (χ0) is 19.7. The molecule has 2 aliphatic heterocycles. The normalized spacial score (nSPS) is 27.6. The van der Waals surface area contributed by atoms with Crippen molar-refractivity contribution in [1.82, 2.24) is 14.9 Å². The lowest BCUT2D eigenvalue weighted by molar-refractivity contribution is -0.216. The number of carboxylic acid groups (broad SMARTS) is 1. The van der Waals surface area contributed by atoms with Gasteiger partial charge in [-0.05, 0) is 40.5 Å². The van der Waals surface area contributed by atoms with E-state index in [-0.39, 0.29) is 12.1 Å². The van der Waals surface area contributed by atoms with Gasteiger partial charge in [-0.1, -0.05) is 0 Å². The maximum absolute atomic E-state index is 11.9. The Hall–Kier alpha value is -1.93. The number of fused-ring (bicyclic) bond motifs is 2. The number of nitrogens with zero attached hydrogens (tertiary/aromatic N) is 3. The molecular formula is C19H29N3O5. The highest BCUT2D eigenvalue weighted by Gasteiger charge is 2.57. The molecule has 150 valence electrons. The molecule has 3 heterocycles. The van der Waals surface area contributed by atoms with Crippen molar-refractivity contribution < 1.29 is 24.1 Å². The minimum absolute atomic E-state index is 0.103. The van der Waals surface area contributed by atoms with E-state index in [0.717, 1.165) is 12.1 Å². The Morgan fingerprint density at radius 1 is 1.37 bits per heavy atom. The van der Waals surface area contributed by atoms with Crippen molar-refractivity contribution in [2.45, 2.75) is 83.5 Å². The Morgan fingerprint density at radius 2 is 2.15 bits per heavy atom. The fourth-order valence-electron chi connectivity index (χ4n) is 4.13. The molecule has 1 amide bonds. The second-order valence-electron chi connectivity index (χ2n) is 8.17. The van der Waals surface area contributed by atoms with Crippen LogP contribution in [0.15, 0.2) is 12.4 Å². The quantitative estimate of drug-likeness (QED) is 0.811. The first kappa shape index (κ1) is 19.8. The van der Waals surface area contributed by atoms with E-state index in [1.165, 1.54) is 4.90 Å². The van der Waals surface area contributed by atoms with Gasteiger partial charge in [0.15, 0.2) is 5.72 Å². The Morgan fingerprint density at radius 3 is 2.74 bits per heavy atom. The largest absolute Gasteiger partial charge is 0.473 e. The third-order valence-corrected chi connectivity index (χ3v) is 4.88. The molecule has 0 aromatic carbocycles. The van der Waals surface area contributed by atoms with E-state index in [1.807, 2.05) is 27.7 Å². The predicted octanol–water partition coefficient (Wildman–Crippen LogP) is 3.21. The molecule has 3 atom stereocenters. The van der Waals surface area contributed by atoms with Crippen LogP contribution in [0, 0.1) is 0 Å². The molecule has 0 radical (unpaired) electrons. The highest BCUT2D eigenvalue weighted by atomic mass is 16.6. The first-order valence-corrected chi connectivity index (χ1v) is 9.50. The van der Waals surface area contributed by atoms with Crippen LogP contribution in [0.25, 0.3) is 0 Å². The third kappa shape index (κ3) is 4.50. The molecule has 1 N–H and O–H groups in total. The SMILES string of the molecule is CCOCc1cnc(O[C@@H]2C[C@@H]3CC[C@@](OC(C)(C)C)(C2)N3C(=O)O)cn1. The molecule has 2 saturated heterocycles. The van der Waals surface area contributed by atoms with Crippen molar-refractivity contribution in [2.24, 2.45) is 0 Å². The van der Waals surface area contributed by atoms with Crippen LogP contribution in [0.1, 0.15) is 59.1 Å². The van der Waals surface area contributed by atoms with Crippen LogP contribution >= 0.6 is 0 Å². The van der Waals surface area contributed by atoms with Gasteiger partial charge in [0.1, 0.15) is 6.10 Å². The van der Waals surface area contributed by atoms with E-state index >= 15 is 0 Å². The van der Waals surface area contributed by atoms with Crippen LogP contribution in [-0.2, 0) is 16.1 Å². The average Bonchev–Trinajstić information content (AvgIpc) is 2.80. The molecule has 1 aromatic rings. The second kappa shape index (κ2) is 7.59. The van der Waals surface area contributed by atoms with Gasteiger partial charge in [0.25, 0.3) is 0 Å². The zero-order valence-electron chi connectivity index (χ0n) is 16.5.